The molecule has 0 aromatic heterocycles. The van der Waals surface area contributed by atoms with E-state index in [0.717, 1.165) is 47.5 Å². The van der Waals surface area contributed by atoms with Crippen molar-refractivity contribution in [2.24, 2.45) is 0 Å². The zero-order valence-corrected chi connectivity index (χ0v) is 32.8. The standard InChI is InChI=1S/C42H49N5O6S2/c1-43-38(49)35(26-29-12-4-2-5-13-29)46-21-19-31(30-14-6-3-7-15-30)27-34(42(46)53)44-39(50)36(55-37(48)28-45-22-24-54-25-23-45)18-10-11-20-47-40(51)32-16-8-9-17-33(32)41(47)52/h2-9,12-17,31,34-36H,10-11,18-28H2,1H3,(H,43,49)(H,44,50)/t31-,34-,35-,36-/m0/s1. The number of hydrogen-bond donors (Lipinski definition) is 2. The number of nitrogens with zero attached hydrogens (tertiary/aromatic N) is 3. The van der Waals surface area contributed by atoms with Crippen LogP contribution in [-0.2, 0) is 25.6 Å². The van der Waals surface area contributed by atoms with E-state index in [2.05, 4.69) is 15.5 Å². The highest BCUT2D eigenvalue weighted by molar-refractivity contribution is 8.14. The molecule has 2 N–H and O–H groups in total. The van der Waals surface area contributed by atoms with Crippen molar-refractivity contribution >= 4 is 58.2 Å². The van der Waals surface area contributed by atoms with Crippen molar-refractivity contribution in [3.63, 3.8) is 0 Å². The van der Waals surface area contributed by atoms with Gasteiger partial charge in [0.1, 0.15) is 12.1 Å². The molecule has 3 heterocycles. The number of nitrogens with one attached hydrogen (secondary N) is 2. The van der Waals surface area contributed by atoms with Gasteiger partial charge in [-0.25, -0.2) is 0 Å². The number of fused-ring (bicyclic) bond motifs is 1. The molecule has 0 aliphatic carbocycles. The number of thioether (sulfide) groups is 2. The second kappa shape index (κ2) is 19.4. The van der Waals surface area contributed by atoms with Crippen molar-refractivity contribution in [2.75, 3.05) is 51.3 Å². The van der Waals surface area contributed by atoms with Gasteiger partial charge in [0, 0.05) is 51.2 Å². The number of imide groups is 1. The fourth-order valence-corrected chi connectivity index (χ4v) is 9.62. The van der Waals surface area contributed by atoms with Crippen molar-refractivity contribution in [3.05, 3.63) is 107 Å². The van der Waals surface area contributed by atoms with Crippen LogP contribution in [0.15, 0.2) is 84.9 Å². The van der Waals surface area contributed by atoms with E-state index in [1.807, 2.05) is 72.4 Å². The third-order valence-electron chi connectivity index (χ3n) is 10.6. The number of likely N-dealkylation sites (tertiary alicyclic amines) is 1. The first-order valence-electron chi connectivity index (χ1n) is 19.1. The van der Waals surface area contributed by atoms with Gasteiger partial charge in [-0.3, -0.25) is 38.6 Å². The number of hydrogen-bond acceptors (Lipinski definition) is 9. The van der Waals surface area contributed by atoms with Gasteiger partial charge in [-0.15, -0.1) is 0 Å². The van der Waals surface area contributed by atoms with Gasteiger partial charge in [0.05, 0.1) is 22.9 Å². The van der Waals surface area contributed by atoms with E-state index in [9.17, 15) is 28.8 Å². The Labute approximate surface area is 331 Å². The van der Waals surface area contributed by atoms with Crippen LogP contribution in [0.5, 0.6) is 0 Å². The highest BCUT2D eigenvalue weighted by atomic mass is 32.2. The Balaban J connectivity index is 1.19. The normalized spacial score (nSPS) is 20.1. The molecule has 55 heavy (non-hydrogen) atoms. The largest absolute Gasteiger partial charge is 0.357 e. The summed E-state index contributed by atoms with van der Waals surface area (Å²) in [6.07, 6.45) is 2.49. The maximum atomic E-state index is 14.6. The Bertz CT molecular complexity index is 1800. The monoisotopic (exact) mass is 783 g/mol. The summed E-state index contributed by atoms with van der Waals surface area (Å²) in [4.78, 5) is 86.6. The lowest BCUT2D eigenvalue weighted by Crippen LogP contribution is -2.56. The molecule has 11 nitrogen and oxygen atoms in total. The van der Waals surface area contributed by atoms with Gasteiger partial charge in [0.25, 0.3) is 11.8 Å². The summed E-state index contributed by atoms with van der Waals surface area (Å²) in [6.45, 7) is 2.36. The average Bonchev–Trinajstić information content (AvgIpc) is 3.34. The molecule has 0 radical (unpaired) electrons. The van der Waals surface area contributed by atoms with Crippen molar-refractivity contribution in [1.29, 1.82) is 0 Å². The Hall–Kier alpha value is -4.46. The third kappa shape index (κ3) is 10.2. The highest BCUT2D eigenvalue weighted by Gasteiger charge is 2.40. The maximum Gasteiger partial charge on any atom is 0.261 e. The number of carbonyl (C=O) groups excluding carboxylic acids is 6. The fourth-order valence-electron chi connectivity index (χ4n) is 7.60. The second-order valence-corrected chi connectivity index (χ2v) is 16.7. The summed E-state index contributed by atoms with van der Waals surface area (Å²) in [5.41, 5.74) is 2.74. The molecule has 3 aromatic rings. The summed E-state index contributed by atoms with van der Waals surface area (Å²) >= 11 is 2.85. The topological polar surface area (TPSA) is 136 Å². The van der Waals surface area contributed by atoms with Crippen molar-refractivity contribution < 1.29 is 28.8 Å². The minimum absolute atomic E-state index is 0.0631. The van der Waals surface area contributed by atoms with Gasteiger partial charge in [-0.05, 0) is 54.9 Å². The lowest BCUT2D eigenvalue weighted by atomic mass is 9.90. The van der Waals surface area contributed by atoms with E-state index < -0.39 is 23.2 Å². The molecular formula is C42H49N5O6S2. The Kier molecular flexibility index (Phi) is 14.2. The van der Waals surface area contributed by atoms with E-state index in [1.54, 1.807) is 36.2 Å². The predicted molar refractivity (Wildman–Crippen MR) is 216 cm³/mol. The van der Waals surface area contributed by atoms with Crippen LogP contribution in [-0.4, -0.2) is 118 Å². The molecule has 3 aliphatic rings. The minimum Gasteiger partial charge on any atom is -0.357 e. The van der Waals surface area contributed by atoms with Gasteiger partial charge in [0.2, 0.25) is 22.8 Å². The lowest BCUT2D eigenvalue weighted by Gasteiger charge is -2.32. The number of likely N-dealkylation sites (N-methyl/N-ethyl adjacent to an activating group) is 1. The molecule has 5 amide bonds. The second-order valence-electron chi connectivity index (χ2n) is 14.2. The molecule has 0 saturated carbocycles. The number of unbranched alkanes of at least 4 members (excludes halogenated alkanes) is 1. The van der Waals surface area contributed by atoms with Gasteiger partial charge >= 0.3 is 0 Å². The van der Waals surface area contributed by atoms with Crippen molar-refractivity contribution in [2.45, 2.75) is 61.8 Å². The molecule has 4 atom stereocenters. The SMILES string of the molecule is CNC(=O)[C@H](Cc1ccccc1)N1CC[C@H](c2ccccc2)C[C@H](NC(=O)[C@H](CCCCN2C(=O)c3ccccc3C2=O)SC(=O)CN2CCSCC2)C1=O. The van der Waals surface area contributed by atoms with Crippen LogP contribution in [0.25, 0.3) is 0 Å². The third-order valence-corrected chi connectivity index (χ3v) is 12.7. The van der Waals surface area contributed by atoms with E-state index in [0.29, 0.717) is 56.2 Å². The average molecular weight is 784 g/mol. The summed E-state index contributed by atoms with van der Waals surface area (Å²) < 4.78 is 0. The Morgan fingerprint density at radius 1 is 0.818 bits per heavy atom. The molecule has 0 bridgehead atoms. The molecule has 13 heteroatoms. The van der Waals surface area contributed by atoms with E-state index in [4.69, 9.17) is 0 Å². The molecule has 6 rings (SSSR count). The van der Waals surface area contributed by atoms with Crippen LogP contribution in [0.4, 0.5) is 0 Å². The molecule has 0 spiro atoms. The van der Waals surface area contributed by atoms with Gasteiger partial charge in [-0.1, -0.05) is 91.0 Å². The van der Waals surface area contributed by atoms with E-state index in [-0.39, 0.29) is 47.8 Å². The van der Waals surface area contributed by atoms with E-state index >= 15 is 0 Å². The maximum absolute atomic E-state index is 14.6. The molecule has 3 aromatic carbocycles. The van der Waals surface area contributed by atoms with Crippen molar-refractivity contribution in [1.82, 2.24) is 25.3 Å². The quantitative estimate of drug-likeness (QED) is 0.170. The smallest absolute Gasteiger partial charge is 0.261 e. The first kappa shape index (κ1) is 40.2. The Morgan fingerprint density at radius 2 is 1.45 bits per heavy atom. The molecule has 0 unspecified atom stereocenters. The molecular weight excluding hydrogens is 735 g/mol. The number of rotatable bonds is 15. The number of carbonyl (C=O) groups is 6. The van der Waals surface area contributed by atoms with Crippen LogP contribution in [0.2, 0.25) is 0 Å². The fraction of sp³-hybridized carbons (Fsp3) is 0.429. The van der Waals surface area contributed by atoms with Crippen LogP contribution in [0, 0.1) is 0 Å². The van der Waals surface area contributed by atoms with E-state index in [1.165, 1.54) is 4.90 Å². The molecule has 290 valence electrons. The van der Waals surface area contributed by atoms with Crippen LogP contribution in [0.1, 0.15) is 69.9 Å². The Morgan fingerprint density at radius 3 is 2.11 bits per heavy atom. The number of benzene rings is 3. The summed E-state index contributed by atoms with van der Waals surface area (Å²) in [6, 6.07) is 24.5. The van der Waals surface area contributed by atoms with Crippen molar-refractivity contribution in [3.8, 4) is 0 Å². The number of amides is 5. The van der Waals surface area contributed by atoms with Crippen LogP contribution < -0.4 is 10.6 Å². The predicted octanol–water partition coefficient (Wildman–Crippen LogP) is 4.38. The zero-order valence-electron chi connectivity index (χ0n) is 31.2. The van der Waals surface area contributed by atoms with Gasteiger partial charge in [-0.2, -0.15) is 11.8 Å². The minimum atomic E-state index is -0.932. The first-order valence-corrected chi connectivity index (χ1v) is 21.1. The summed E-state index contributed by atoms with van der Waals surface area (Å²) in [5.74, 6) is 0.146. The van der Waals surface area contributed by atoms with Gasteiger partial charge in [0.15, 0.2) is 0 Å². The van der Waals surface area contributed by atoms with Crippen LogP contribution >= 0.6 is 23.5 Å². The molecule has 2 fully saturated rings. The zero-order chi connectivity index (χ0) is 38.7. The van der Waals surface area contributed by atoms with Crippen LogP contribution in [0.3, 0.4) is 0 Å². The van der Waals surface area contributed by atoms with Gasteiger partial charge < -0.3 is 15.5 Å². The molecule has 3 aliphatic heterocycles. The summed E-state index contributed by atoms with van der Waals surface area (Å²) in [7, 11) is 1.56. The first-order chi connectivity index (χ1) is 26.7. The highest BCUT2D eigenvalue weighted by Crippen LogP contribution is 2.31. The molecule has 2 saturated heterocycles. The lowest BCUT2D eigenvalue weighted by molar-refractivity contribution is -0.142. The summed E-state index contributed by atoms with van der Waals surface area (Å²) in [5, 5.41) is 4.89.